The van der Waals surface area contributed by atoms with E-state index < -0.39 is 17.2 Å². The Kier molecular flexibility index (Phi) is 5.37. The van der Waals surface area contributed by atoms with Gasteiger partial charge in [0.2, 0.25) is 5.88 Å². The first-order valence-electron chi connectivity index (χ1n) is 9.81. The van der Waals surface area contributed by atoms with E-state index in [4.69, 9.17) is 4.52 Å². The summed E-state index contributed by atoms with van der Waals surface area (Å²) in [6, 6.07) is 16.5. The van der Waals surface area contributed by atoms with Crippen LogP contribution in [0.4, 0.5) is 24.7 Å². The average molecular weight is 414 g/mol. The number of ketones is 1. The first-order valence-corrected chi connectivity index (χ1v) is 9.81. The van der Waals surface area contributed by atoms with E-state index in [1.54, 1.807) is 17.0 Å². The van der Waals surface area contributed by atoms with Crippen molar-refractivity contribution in [1.29, 1.82) is 0 Å². The molecule has 156 valence electrons. The summed E-state index contributed by atoms with van der Waals surface area (Å²) in [6.45, 7) is -0.00482. The summed E-state index contributed by atoms with van der Waals surface area (Å²) in [7, 11) is 0. The van der Waals surface area contributed by atoms with E-state index in [0.717, 1.165) is 18.2 Å². The smallest absolute Gasteiger partial charge is 0.338 e. The number of carbonyl (C=O) groups is 1. The minimum Gasteiger partial charge on any atom is -0.338 e. The van der Waals surface area contributed by atoms with Crippen LogP contribution in [0, 0.1) is 0 Å². The van der Waals surface area contributed by atoms with Crippen LogP contribution >= 0.6 is 0 Å². The van der Waals surface area contributed by atoms with E-state index in [9.17, 15) is 18.0 Å². The van der Waals surface area contributed by atoms with Gasteiger partial charge < -0.3 is 9.42 Å². The lowest BCUT2D eigenvalue weighted by atomic mass is 9.61. The maximum atomic E-state index is 13.6. The van der Waals surface area contributed by atoms with E-state index in [0.29, 0.717) is 18.7 Å². The van der Waals surface area contributed by atoms with Gasteiger partial charge in [0, 0.05) is 23.6 Å². The second-order valence-electron chi connectivity index (χ2n) is 7.67. The van der Waals surface area contributed by atoms with Crippen molar-refractivity contribution in [3.05, 3.63) is 78.0 Å². The van der Waals surface area contributed by atoms with Crippen molar-refractivity contribution in [2.45, 2.75) is 37.3 Å². The third-order valence-electron chi connectivity index (χ3n) is 5.74. The Morgan fingerprint density at radius 2 is 1.73 bits per heavy atom. The van der Waals surface area contributed by atoms with Crippen molar-refractivity contribution in [1.82, 2.24) is 5.16 Å². The van der Waals surface area contributed by atoms with E-state index in [2.05, 4.69) is 5.16 Å². The molecule has 0 radical (unpaired) electrons. The SMILES string of the molecule is O=C(CN(c1ccccc1)c1ccno1)CC1(c2ccccc2C(F)(F)F)CCC1. The molecule has 0 bridgehead atoms. The largest absolute Gasteiger partial charge is 0.416 e. The Morgan fingerprint density at radius 1 is 1.03 bits per heavy atom. The van der Waals surface area contributed by atoms with Gasteiger partial charge in [0.05, 0.1) is 18.3 Å². The average Bonchev–Trinajstić information content (AvgIpc) is 3.23. The van der Waals surface area contributed by atoms with E-state index in [1.165, 1.54) is 18.3 Å². The Morgan fingerprint density at radius 3 is 2.33 bits per heavy atom. The van der Waals surface area contributed by atoms with E-state index in [-0.39, 0.29) is 24.3 Å². The zero-order valence-corrected chi connectivity index (χ0v) is 16.2. The number of anilines is 2. The zero-order valence-electron chi connectivity index (χ0n) is 16.2. The van der Waals surface area contributed by atoms with Crippen LogP contribution in [0.15, 0.2) is 71.4 Å². The highest BCUT2D eigenvalue weighted by Gasteiger charge is 2.46. The van der Waals surface area contributed by atoms with Gasteiger partial charge in [-0.2, -0.15) is 13.2 Å². The second kappa shape index (κ2) is 7.97. The molecule has 1 heterocycles. The van der Waals surface area contributed by atoms with Gasteiger partial charge in [-0.1, -0.05) is 48.0 Å². The van der Waals surface area contributed by atoms with Gasteiger partial charge in [-0.15, -0.1) is 0 Å². The summed E-state index contributed by atoms with van der Waals surface area (Å²) in [4.78, 5) is 14.8. The molecule has 1 aliphatic carbocycles. The number of halogens is 3. The van der Waals surface area contributed by atoms with E-state index in [1.807, 2.05) is 30.3 Å². The van der Waals surface area contributed by atoms with Gasteiger partial charge >= 0.3 is 6.18 Å². The van der Waals surface area contributed by atoms with Crippen LogP contribution in [0.1, 0.15) is 36.8 Å². The lowest BCUT2D eigenvalue weighted by molar-refractivity contribution is -0.139. The minimum absolute atomic E-state index is 0.00482. The molecular weight excluding hydrogens is 393 g/mol. The van der Waals surface area contributed by atoms with Crippen molar-refractivity contribution >= 4 is 17.4 Å². The zero-order chi connectivity index (χ0) is 21.2. The highest BCUT2D eigenvalue weighted by molar-refractivity contribution is 5.86. The molecule has 2 aromatic carbocycles. The molecule has 0 amide bonds. The highest BCUT2D eigenvalue weighted by Crippen LogP contribution is 2.50. The number of para-hydroxylation sites is 1. The van der Waals surface area contributed by atoms with Crippen LogP contribution in [0.5, 0.6) is 0 Å². The molecule has 0 aliphatic heterocycles. The van der Waals surface area contributed by atoms with E-state index >= 15 is 0 Å². The number of carbonyl (C=O) groups excluding carboxylic acids is 1. The summed E-state index contributed by atoms with van der Waals surface area (Å²) in [5.74, 6) is 0.264. The molecule has 4 nitrogen and oxygen atoms in total. The summed E-state index contributed by atoms with van der Waals surface area (Å²) in [6.07, 6.45) is -0.957. The molecule has 1 aromatic heterocycles. The molecule has 0 N–H and O–H groups in total. The lowest BCUT2D eigenvalue weighted by Gasteiger charge is -2.43. The molecule has 7 heteroatoms. The number of alkyl halides is 3. The number of benzene rings is 2. The van der Waals surface area contributed by atoms with Crippen LogP contribution < -0.4 is 4.90 Å². The molecule has 1 aliphatic rings. The molecule has 0 saturated heterocycles. The van der Waals surface area contributed by atoms with Crippen LogP contribution in [0.2, 0.25) is 0 Å². The summed E-state index contributed by atoms with van der Waals surface area (Å²) in [5.41, 5.74) is -0.441. The topological polar surface area (TPSA) is 46.3 Å². The number of nitrogens with zero attached hydrogens (tertiary/aromatic N) is 2. The number of rotatable bonds is 7. The molecule has 30 heavy (non-hydrogen) atoms. The fraction of sp³-hybridized carbons (Fsp3) is 0.304. The molecule has 3 aromatic rings. The van der Waals surface area contributed by atoms with Gasteiger partial charge in [-0.05, 0) is 36.6 Å². The van der Waals surface area contributed by atoms with Crippen LogP contribution in [-0.4, -0.2) is 17.5 Å². The summed E-state index contributed by atoms with van der Waals surface area (Å²) < 4.78 is 46.0. The molecule has 0 unspecified atom stereocenters. The summed E-state index contributed by atoms with van der Waals surface area (Å²) in [5, 5.41) is 3.71. The third kappa shape index (κ3) is 3.97. The number of hydrogen-bond acceptors (Lipinski definition) is 4. The maximum Gasteiger partial charge on any atom is 0.416 e. The molecule has 1 saturated carbocycles. The monoisotopic (exact) mass is 414 g/mol. The molecule has 0 atom stereocenters. The first-order chi connectivity index (χ1) is 14.4. The van der Waals surface area contributed by atoms with Crippen LogP contribution in [-0.2, 0) is 16.4 Å². The molecule has 4 rings (SSSR count). The lowest BCUT2D eigenvalue weighted by Crippen LogP contribution is -2.40. The van der Waals surface area contributed by atoms with Gasteiger partial charge in [0.1, 0.15) is 0 Å². The number of hydrogen-bond donors (Lipinski definition) is 0. The fourth-order valence-electron chi connectivity index (χ4n) is 4.20. The Bertz CT molecular complexity index is 997. The van der Waals surface area contributed by atoms with Crippen molar-refractivity contribution in [3.63, 3.8) is 0 Å². The molecular formula is C23H21F3N2O2. The molecule has 0 spiro atoms. The predicted molar refractivity (Wildman–Crippen MR) is 107 cm³/mol. The molecule has 1 fully saturated rings. The van der Waals surface area contributed by atoms with Crippen molar-refractivity contribution < 1.29 is 22.5 Å². The normalized spacial score (nSPS) is 15.4. The Labute approximate surface area is 172 Å². The number of Topliss-reactive ketones (excluding diaryl/α,β-unsaturated/α-hetero) is 1. The third-order valence-corrected chi connectivity index (χ3v) is 5.74. The second-order valence-corrected chi connectivity index (χ2v) is 7.67. The van der Waals surface area contributed by atoms with Crippen molar-refractivity contribution in [2.75, 3.05) is 11.4 Å². The fourth-order valence-corrected chi connectivity index (χ4v) is 4.20. The quantitative estimate of drug-likeness (QED) is 0.482. The van der Waals surface area contributed by atoms with Gasteiger partial charge in [0.25, 0.3) is 0 Å². The standard InChI is InChI=1S/C23H21F3N2O2/c24-23(25,26)20-10-5-4-9-19(20)22(12-6-13-22)15-18(29)16-28(21-11-14-27-30-21)17-7-2-1-3-8-17/h1-5,7-11,14H,6,12-13,15-16H2. The van der Waals surface area contributed by atoms with Crippen LogP contribution in [0.25, 0.3) is 0 Å². The predicted octanol–water partition coefficient (Wildman–Crippen LogP) is 5.91. The first kappa shape index (κ1) is 20.2. The summed E-state index contributed by atoms with van der Waals surface area (Å²) >= 11 is 0. The Hall–Kier alpha value is -3.09. The number of aromatic nitrogens is 1. The van der Waals surface area contributed by atoms with Crippen molar-refractivity contribution in [2.24, 2.45) is 0 Å². The van der Waals surface area contributed by atoms with Crippen molar-refractivity contribution in [3.8, 4) is 0 Å². The van der Waals surface area contributed by atoms with Gasteiger partial charge in [0.15, 0.2) is 5.78 Å². The van der Waals surface area contributed by atoms with Gasteiger partial charge in [-0.25, -0.2) is 0 Å². The Balaban J connectivity index is 1.60. The minimum atomic E-state index is -4.45. The van der Waals surface area contributed by atoms with Gasteiger partial charge in [-0.3, -0.25) is 4.79 Å². The van der Waals surface area contributed by atoms with Crippen LogP contribution in [0.3, 0.4) is 0 Å². The highest BCUT2D eigenvalue weighted by atomic mass is 19.4. The maximum absolute atomic E-state index is 13.6.